The van der Waals surface area contributed by atoms with Gasteiger partial charge in [0.1, 0.15) is 11.3 Å². The number of carbonyl (C=O) groups is 3. The van der Waals surface area contributed by atoms with Crippen LogP contribution in [0.4, 0.5) is 5.69 Å². The molecular weight excluding hydrogens is 580 g/mol. The van der Waals surface area contributed by atoms with E-state index in [0.717, 1.165) is 47.2 Å². The first-order valence-corrected chi connectivity index (χ1v) is 16.1. The summed E-state index contributed by atoms with van der Waals surface area (Å²) in [6, 6.07) is 20.7. The zero-order valence-electron chi connectivity index (χ0n) is 26.4. The van der Waals surface area contributed by atoms with E-state index >= 15 is 0 Å². The van der Waals surface area contributed by atoms with Crippen molar-refractivity contribution in [1.29, 1.82) is 0 Å². The van der Waals surface area contributed by atoms with Crippen molar-refractivity contribution in [3.05, 3.63) is 89.6 Å². The highest BCUT2D eigenvalue weighted by atomic mass is 16.5. The molecule has 2 aliphatic rings. The number of ether oxygens (including phenoxy) is 2. The summed E-state index contributed by atoms with van der Waals surface area (Å²) in [4.78, 5) is 38.7. The molecule has 46 heavy (non-hydrogen) atoms. The van der Waals surface area contributed by atoms with Gasteiger partial charge < -0.3 is 20.1 Å². The lowest BCUT2D eigenvalue weighted by atomic mass is 9.75. The monoisotopic (exact) mass is 620 g/mol. The van der Waals surface area contributed by atoms with E-state index < -0.39 is 11.5 Å². The summed E-state index contributed by atoms with van der Waals surface area (Å²) in [5.41, 5.74) is 3.80. The van der Waals surface area contributed by atoms with Crippen LogP contribution in [0.1, 0.15) is 85.8 Å². The molecule has 0 aliphatic heterocycles. The first-order valence-electron chi connectivity index (χ1n) is 16.1. The van der Waals surface area contributed by atoms with Crippen molar-refractivity contribution in [1.82, 2.24) is 15.1 Å². The van der Waals surface area contributed by atoms with E-state index in [1.807, 2.05) is 47.1 Å². The molecule has 0 spiro atoms. The fourth-order valence-electron chi connectivity index (χ4n) is 6.45. The topological polar surface area (TPSA) is 112 Å². The highest BCUT2D eigenvalue weighted by Gasteiger charge is 2.45. The van der Waals surface area contributed by atoms with Crippen LogP contribution in [0.15, 0.2) is 72.8 Å². The number of hydrogen-bond donors (Lipinski definition) is 2. The molecule has 2 saturated carbocycles. The Morgan fingerprint density at radius 3 is 2.35 bits per heavy atom. The molecule has 2 fully saturated rings. The fourth-order valence-corrected chi connectivity index (χ4v) is 6.45. The third-order valence-electron chi connectivity index (χ3n) is 9.14. The molecule has 2 amide bonds. The minimum Gasteiger partial charge on any atom is -0.497 e. The third kappa shape index (κ3) is 6.54. The van der Waals surface area contributed by atoms with Crippen LogP contribution in [0.3, 0.4) is 0 Å². The van der Waals surface area contributed by atoms with Crippen molar-refractivity contribution in [3.63, 3.8) is 0 Å². The lowest BCUT2D eigenvalue weighted by molar-refractivity contribution is -0.137. The molecule has 9 heteroatoms. The summed E-state index contributed by atoms with van der Waals surface area (Å²) in [5.74, 6) is 0.232. The van der Waals surface area contributed by atoms with E-state index in [1.165, 1.54) is 31.0 Å². The number of hydrogen-bond acceptors (Lipinski definition) is 6. The molecule has 0 unspecified atom stereocenters. The molecule has 0 atom stereocenters. The highest BCUT2D eigenvalue weighted by molar-refractivity contribution is 6.05. The van der Waals surface area contributed by atoms with Crippen LogP contribution < -0.4 is 15.4 Å². The smallest absolute Gasteiger partial charge is 0.330 e. The molecule has 238 valence electrons. The van der Waals surface area contributed by atoms with Gasteiger partial charge in [0.25, 0.3) is 5.91 Å². The van der Waals surface area contributed by atoms with Gasteiger partial charge in [-0.2, -0.15) is 5.10 Å². The Hall–Kier alpha value is -4.92. The second-order valence-electron chi connectivity index (χ2n) is 12.1. The van der Waals surface area contributed by atoms with Crippen molar-refractivity contribution in [2.24, 2.45) is 0 Å². The minimum atomic E-state index is -0.982. The Morgan fingerprint density at radius 1 is 0.957 bits per heavy atom. The first-order chi connectivity index (χ1) is 22.4. The number of carbonyl (C=O) groups excluding carboxylic acids is 3. The van der Waals surface area contributed by atoms with Crippen LogP contribution in [0.2, 0.25) is 0 Å². The van der Waals surface area contributed by atoms with Crippen LogP contribution in [0, 0.1) is 0 Å². The number of benzene rings is 3. The first kappa shape index (κ1) is 31.1. The lowest BCUT2D eigenvalue weighted by Gasteiger charge is -2.40. The van der Waals surface area contributed by atoms with Gasteiger partial charge in [0.05, 0.1) is 30.6 Å². The number of amides is 2. The number of nitrogens with one attached hydrogen (secondary N) is 2. The quantitative estimate of drug-likeness (QED) is 0.147. The predicted molar refractivity (Wildman–Crippen MR) is 178 cm³/mol. The molecule has 0 saturated heterocycles. The van der Waals surface area contributed by atoms with E-state index in [4.69, 9.17) is 14.6 Å². The lowest BCUT2D eigenvalue weighted by Crippen LogP contribution is -2.61. The average molecular weight is 621 g/mol. The Labute approximate surface area is 269 Å². The largest absolute Gasteiger partial charge is 0.497 e. The van der Waals surface area contributed by atoms with E-state index in [1.54, 1.807) is 44.4 Å². The van der Waals surface area contributed by atoms with Crippen molar-refractivity contribution >= 4 is 40.4 Å². The maximum atomic E-state index is 13.6. The second-order valence-corrected chi connectivity index (χ2v) is 12.1. The molecule has 9 nitrogen and oxygen atoms in total. The van der Waals surface area contributed by atoms with Gasteiger partial charge in [0.2, 0.25) is 5.91 Å². The van der Waals surface area contributed by atoms with Crippen LogP contribution >= 0.6 is 0 Å². The summed E-state index contributed by atoms with van der Waals surface area (Å²) >= 11 is 0. The van der Waals surface area contributed by atoms with Crippen LogP contribution in [-0.4, -0.2) is 46.8 Å². The van der Waals surface area contributed by atoms with E-state index in [-0.39, 0.29) is 11.8 Å². The molecule has 2 aliphatic carbocycles. The molecular formula is C37H40N4O5. The van der Waals surface area contributed by atoms with Crippen LogP contribution in [-0.2, 0) is 14.3 Å². The third-order valence-corrected chi connectivity index (χ3v) is 9.14. The zero-order chi connectivity index (χ0) is 32.1. The zero-order valence-corrected chi connectivity index (χ0v) is 26.4. The number of fused-ring (bicyclic) bond motifs is 1. The second kappa shape index (κ2) is 13.6. The molecule has 6 rings (SSSR count). The Kier molecular flexibility index (Phi) is 9.19. The number of anilines is 1. The SMILES string of the molecule is CCOC(=O)C=Cc1ccc(NC(=O)C2(NC(=O)c3ccc4c(C5CCCCC5)n(-c5ccc(OC)cc5)nc4c3)CCC2)cc1. The van der Waals surface area contributed by atoms with Crippen LogP contribution in [0.5, 0.6) is 5.75 Å². The van der Waals surface area contributed by atoms with Gasteiger partial charge in [0, 0.05) is 28.6 Å². The summed E-state index contributed by atoms with van der Waals surface area (Å²) in [7, 11) is 1.65. The summed E-state index contributed by atoms with van der Waals surface area (Å²) in [5, 5.41) is 12.1. The molecule has 4 aromatic rings. The van der Waals surface area contributed by atoms with Gasteiger partial charge in [-0.25, -0.2) is 9.48 Å². The number of nitrogens with zero attached hydrogens (tertiary/aromatic N) is 2. The van der Waals surface area contributed by atoms with E-state index in [9.17, 15) is 14.4 Å². The summed E-state index contributed by atoms with van der Waals surface area (Å²) < 4.78 is 12.3. The number of rotatable bonds is 10. The van der Waals surface area contributed by atoms with Gasteiger partial charge in [-0.05, 0) is 99.2 Å². The summed E-state index contributed by atoms with van der Waals surface area (Å²) in [6.07, 6.45) is 10.9. The number of esters is 1. The minimum absolute atomic E-state index is 0.244. The highest BCUT2D eigenvalue weighted by Crippen LogP contribution is 2.38. The molecule has 2 N–H and O–H groups in total. The Balaban J connectivity index is 1.20. The predicted octanol–water partition coefficient (Wildman–Crippen LogP) is 6.95. The van der Waals surface area contributed by atoms with Gasteiger partial charge in [0.15, 0.2) is 0 Å². The number of methoxy groups -OCH3 is 1. The van der Waals surface area contributed by atoms with Crippen molar-refractivity contribution in [2.75, 3.05) is 19.0 Å². The normalized spacial score (nSPS) is 16.1. The van der Waals surface area contributed by atoms with Gasteiger partial charge in [-0.3, -0.25) is 9.59 Å². The van der Waals surface area contributed by atoms with Crippen molar-refractivity contribution < 1.29 is 23.9 Å². The van der Waals surface area contributed by atoms with E-state index in [0.29, 0.717) is 36.6 Å². The molecule has 1 aromatic heterocycles. The molecule has 3 aromatic carbocycles. The fraction of sp³-hybridized carbons (Fsp3) is 0.351. The molecule has 0 bridgehead atoms. The number of aromatic nitrogens is 2. The van der Waals surface area contributed by atoms with Crippen molar-refractivity contribution in [2.45, 2.75) is 69.7 Å². The Bertz CT molecular complexity index is 1750. The van der Waals surface area contributed by atoms with Gasteiger partial charge in [-0.1, -0.05) is 37.5 Å². The molecule has 1 heterocycles. The molecule has 0 radical (unpaired) electrons. The average Bonchev–Trinajstić information content (AvgIpc) is 3.45. The Morgan fingerprint density at radius 2 is 1.70 bits per heavy atom. The van der Waals surface area contributed by atoms with Gasteiger partial charge >= 0.3 is 5.97 Å². The maximum Gasteiger partial charge on any atom is 0.330 e. The van der Waals surface area contributed by atoms with Gasteiger partial charge in [-0.15, -0.1) is 0 Å². The summed E-state index contributed by atoms with van der Waals surface area (Å²) in [6.45, 7) is 2.07. The standard InChI is InChI=1S/C37H40N4O5/c1-3-46-33(42)21-12-25-10-14-28(15-11-25)38-36(44)37(22-7-23-37)39-35(43)27-13-20-31-32(24-27)40-41(29-16-18-30(45-2)19-17-29)34(31)26-8-5-4-6-9-26/h10-21,24,26H,3-9,22-23H2,1-2H3,(H,38,44)(H,39,43). The van der Waals surface area contributed by atoms with Crippen molar-refractivity contribution in [3.8, 4) is 11.4 Å². The van der Waals surface area contributed by atoms with E-state index in [2.05, 4.69) is 10.6 Å². The maximum absolute atomic E-state index is 13.6. The van der Waals surface area contributed by atoms with Crippen LogP contribution in [0.25, 0.3) is 22.7 Å².